The van der Waals surface area contributed by atoms with Crippen molar-refractivity contribution in [1.82, 2.24) is 14.9 Å². The first-order valence-corrected chi connectivity index (χ1v) is 8.35. The topological polar surface area (TPSA) is 109 Å². The van der Waals surface area contributed by atoms with Crippen molar-refractivity contribution in [2.75, 3.05) is 5.73 Å². The number of nitrogens with two attached hydrogens (primary N) is 1. The van der Waals surface area contributed by atoms with Crippen LogP contribution in [0.5, 0.6) is 0 Å². The molecule has 4 rings (SSSR count). The third-order valence-corrected chi connectivity index (χ3v) is 4.49. The molecule has 1 aliphatic heterocycles. The van der Waals surface area contributed by atoms with E-state index in [1.54, 1.807) is 23.1 Å². The van der Waals surface area contributed by atoms with E-state index in [1.807, 2.05) is 24.3 Å². The number of hydrogen-bond donors (Lipinski definition) is 2. The minimum atomic E-state index is -1.05. The number of aromatic nitrogens is 2. The Morgan fingerprint density at radius 3 is 2.44 bits per heavy atom. The lowest BCUT2D eigenvalue weighted by molar-refractivity contribution is -0.131. The van der Waals surface area contributed by atoms with Crippen LogP contribution in [-0.4, -0.2) is 31.9 Å². The summed E-state index contributed by atoms with van der Waals surface area (Å²) in [6, 6.07) is 13.0. The van der Waals surface area contributed by atoms with Gasteiger partial charge in [-0.1, -0.05) is 30.3 Å². The van der Waals surface area contributed by atoms with Crippen molar-refractivity contribution in [2.24, 2.45) is 0 Å². The van der Waals surface area contributed by atoms with Gasteiger partial charge < -0.3 is 15.7 Å². The number of aliphatic carboxylic acids is 1. The second-order valence-corrected chi connectivity index (χ2v) is 6.31. The van der Waals surface area contributed by atoms with Gasteiger partial charge in [-0.3, -0.25) is 4.79 Å². The van der Waals surface area contributed by atoms with Crippen LogP contribution in [0.1, 0.15) is 27.2 Å². The maximum absolute atomic E-state index is 13.1. The molecule has 0 unspecified atom stereocenters. The number of anilines is 1. The number of benzene rings is 2. The number of hydrogen-bond acceptors (Lipinski definition) is 5. The third-order valence-electron chi connectivity index (χ3n) is 4.49. The van der Waals surface area contributed by atoms with Gasteiger partial charge in [-0.05, 0) is 34.9 Å². The molecule has 7 nitrogen and oxygen atoms in total. The van der Waals surface area contributed by atoms with Gasteiger partial charge in [-0.25, -0.2) is 14.8 Å². The Balaban J connectivity index is 1.75. The summed E-state index contributed by atoms with van der Waals surface area (Å²) in [6.07, 6.45) is 2.50. The van der Waals surface area contributed by atoms with Gasteiger partial charge in [-0.15, -0.1) is 0 Å². The van der Waals surface area contributed by atoms with Gasteiger partial charge >= 0.3 is 5.97 Å². The largest absolute Gasteiger partial charge is 0.478 e. The van der Waals surface area contributed by atoms with E-state index < -0.39 is 5.97 Å². The summed E-state index contributed by atoms with van der Waals surface area (Å²) in [4.78, 5) is 33.9. The number of amides is 1. The Morgan fingerprint density at radius 2 is 1.78 bits per heavy atom. The van der Waals surface area contributed by atoms with Gasteiger partial charge in [0, 0.05) is 24.6 Å². The van der Waals surface area contributed by atoms with Crippen LogP contribution >= 0.6 is 0 Å². The zero-order chi connectivity index (χ0) is 19.0. The minimum absolute atomic E-state index is 0.0244. The number of nitrogen functional groups attached to an aromatic ring is 1. The van der Waals surface area contributed by atoms with Crippen LogP contribution < -0.4 is 5.73 Å². The molecule has 134 valence electrons. The summed E-state index contributed by atoms with van der Waals surface area (Å²) in [5, 5.41) is 9.35. The summed E-state index contributed by atoms with van der Waals surface area (Å²) >= 11 is 0. The van der Waals surface area contributed by atoms with Crippen LogP contribution in [0.25, 0.3) is 17.0 Å². The lowest BCUT2D eigenvalue weighted by Gasteiger charge is -2.16. The molecule has 1 aliphatic rings. The maximum Gasteiger partial charge on any atom is 0.328 e. The standard InChI is InChI=1S/C20H16N4O3/c21-20-22-16-7-5-12(6-8-17(25)26)9-15(16)18(23-20)19(27)24-10-13-3-1-2-4-14(13)11-24/h1-9H,10-11H2,(H,25,26)(H2,21,22,23)/b8-6+. The van der Waals surface area contributed by atoms with Crippen LogP contribution in [0.2, 0.25) is 0 Å². The van der Waals surface area contributed by atoms with Gasteiger partial charge in [-0.2, -0.15) is 0 Å². The Kier molecular flexibility index (Phi) is 4.04. The first-order valence-electron chi connectivity index (χ1n) is 8.35. The van der Waals surface area contributed by atoms with E-state index in [0.717, 1.165) is 17.2 Å². The summed E-state index contributed by atoms with van der Waals surface area (Å²) in [5.41, 5.74) is 9.42. The van der Waals surface area contributed by atoms with Crippen LogP contribution in [0.15, 0.2) is 48.5 Å². The minimum Gasteiger partial charge on any atom is -0.478 e. The predicted octanol–water partition coefficient (Wildman–Crippen LogP) is 2.47. The summed E-state index contributed by atoms with van der Waals surface area (Å²) in [5.74, 6) is -1.25. The molecule has 1 amide bonds. The maximum atomic E-state index is 13.1. The molecule has 0 bridgehead atoms. The second kappa shape index (κ2) is 6.53. The highest BCUT2D eigenvalue weighted by molar-refractivity contribution is 6.05. The van der Waals surface area contributed by atoms with E-state index >= 15 is 0 Å². The Hall–Kier alpha value is -3.74. The van der Waals surface area contributed by atoms with E-state index in [2.05, 4.69) is 9.97 Å². The van der Waals surface area contributed by atoms with E-state index in [0.29, 0.717) is 29.6 Å². The molecule has 2 heterocycles. The fourth-order valence-corrected chi connectivity index (χ4v) is 3.22. The molecule has 27 heavy (non-hydrogen) atoms. The molecule has 3 aromatic rings. The van der Waals surface area contributed by atoms with Crippen LogP contribution in [0.3, 0.4) is 0 Å². The molecule has 0 aliphatic carbocycles. The van der Waals surface area contributed by atoms with Crippen molar-refractivity contribution in [1.29, 1.82) is 0 Å². The second-order valence-electron chi connectivity index (χ2n) is 6.31. The van der Waals surface area contributed by atoms with Crippen molar-refractivity contribution < 1.29 is 14.7 Å². The van der Waals surface area contributed by atoms with Crippen molar-refractivity contribution >= 4 is 34.8 Å². The number of nitrogens with zero attached hydrogens (tertiary/aromatic N) is 3. The average Bonchev–Trinajstić information content (AvgIpc) is 3.09. The van der Waals surface area contributed by atoms with E-state index in [4.69, 9.17) is 10.8 Å². The number of rotatable bonds is 3. The molecule has 0 atom stereocenters. The quantitative estimate of drug-likeness (QED) is 0.695. The molecule has 2 aromatic carbocycles. The fraction of sp³-hybridized carbons (Fsp3) is 0.100. The number of carbonyl (C=O) groups is 2. The van der Waals surface area contributed by atoms with Gasteiger partial charge in [0.25, 0.3) is 5.91 Å². The van der Waals surface area contributed by atoms with Crippen molar-refractivity contribution in [3.8, 4) is 0 Å². The molecule has 0 radical (unpaired) electrons. The molecule has 7 heteroatoms. The number of carboxylic acid groups (broad SMARTS) is 1. The van der Waals surface area contributed by atoms with E-state index in [-0.39, 0.29) is 17.5 Å². The highest BCUT2D eigenvalue weighted by Crippen LogP contribution is 2.26. The normalized spacial score (nSPS) is 13.3. The molecular weight excluding hydrogens is 344 g/mol. The molecule has 0 spiro atoms. The fourth-order valence-electron chi connectivity index (χ4n) is 3.22. The van der Waals surface area contributed by atoms with Gasteiger partial charge in [0.15, 0.2) is 0 Å². The zero-order valence-corrected chi connectivity index (χ0v) is 14.3. The first-order chi connectivity index (χ1) is 13.0. The number of carbonyl (C=O) groups excluding carboxylic acids is 1. The molecule has 0 saturated heterocycles. The van der Waals surface area contributed by atoms with Crippen molar-refractivity contribution in [2.45, 2.75) is 13.1 Å². The smallest absolute Gasteiger partial charge is 0.328 e. The van der Waals surface area contributed by atoms with Crippen molar-refractivity contribution in [3.63, 3.8) is 0 Å². The number of carboxylic acids is 1. The molecule has 0 saturated carbocycles. The van der Waals surface area contributed by atoms with Crippen molar-refractivity contribution in [3.05, 3.63) is 70.9 Å². The Morgan fingerprint density at radius 1 is 1.07 bits per heavy atom. The SMILES string of the molecule is Nc1nc(C(=O)N2Cc3ccccc3C2)c2cc(/C=C/C(=O)O)ccc2n1. The van der Waals surface area contributed by atoms with Gasteiger partial charge in [0.2, 0.25) is 5.95 Å². The predicted molar refractivity (Wildman–Crippen MR) is 101 cm³/mol. The summed E-state index contributed by atoms with van der Waals surface area (Å²) in [7, 11) is 0. The zero-order valence-electron chi connectivity index (χ0n) is 14.3. The molecule has 3 N–H and O–H groups in total. The Labute approximate surface area is 154 Å². The van der Waals surface area contributed by atoms with Crippen LogP contribution in [0, 0.1) is 0 Å². The van der Waals surface area contributed by atoms with E-state index in [1.165, 1.54) is 6.08 Å². The average molecular weight is 360 g/mol. The highest BCUT2D eigenvalue weighted by atomic mass is 16.4. The molecule has 1 aromatic heterocycles. The number of fused-ring (bicyclic) bond motifs is 2. The summed E-state index contributed by atoms with van der Waals surface area (Å²) < 4.78 is 0. The lowest BCUT2D eigenvalue weighted by atomic mass is 10.1. The third kappa shape index (κ3) is 3.22. The van der Waals surface area contributed by atoms with Crippen LogP contribution in [-0.2, 0) is 17.9 Å². The van der Waals surface area contributed by atoms with E-state index in [9.17, 15) is 9.59 Å². The molecule has 0 fully saturated rings. The monoisotopic (exact) mass is 360 g/mol. The van der Waals surface area contributed by atoms with Crippen LogP contribution in [0.4, 0.5) is 5.95 Å². The molecular formula is C20H16N4O3. The summed E-state index contributed by atoms with van der Waals surface area (Å²) in [6.45, 7) is 1.03. The highest BCUT2D eigenvalue weighted by Gasteiger charge is 2.26. The van der Waals surface area contributed by atoms with Gasteiger partial charge in [0.05, 0.1) is 5.52 Å². The first kappa shape index (κ1) is 16.7. The lowest BCUT2D eigenvalue weighted by Crippen LogP contribution is -2.27. The van der Waals surface area contributed by atoms with Gasteiger partial charge in [0.1, 0.15) is 5.69 Å². The Bertz CT molecular complexity index is 1080.